The fourth-order valence-corrected chi connectivity index (χ4v) is 3.68. The van der Waals surface area contributed by atoms with Crippen molar-refractivity contribution in [3.63, 3.8) is 0 Å². The first-order valence-corrected chi connectivity index (χ1v) is 7.40. The summed E-state index contributed by atoms with van der Waals surface area (Å²) in [5, 5.41) is 9.74. The van der Waals surface area contributed by atoms with Crippen molar-refractivity contribution in [1.82, 2.24) is 4.31 Å². The molecule has 1 atom stereocenters. The third kappa shape index (κ3) is 2.63. The minimum Gasteiger partial charge on any atom is -0.392 e. The first-order valence-electron chi connectivity index (χ1n) is 5.96. The van der Waals surface area contributed by atoms with Gasteiger partial charge in [0.15, 0.2) is 0 Å². The zero-order valence-electron chi connectivity index (χ0n) is 10.1. The van der Waals surface area contributed by atoms with Crippen LogP contribution in [0.15, 0.2) is 29.4 Å². The smallest absolute Gasteiger partial charge is 0.340 e. The lowest BCUT2D eigenvalue weighted by Crippen LogP contribution is -2.51. The van der Waals surface area contributed by atoms with Gasteiger partial charge in [0.2, 0.25) is 6.20 Å². The minimum atomic E-state index is -3.64. The number of rotatable bonds is 2. The van der Waals surface area contributed by atoms with Crippen molar-refractivity contribution in [2.75, 3.05) is 18.9 Å². The van der Waals surface area contributed by atoms with E-state index in [0.29, 0.717) is 13.0 Å². The molecule has 0 bridgehead atoms. The summed E-state index contributed by atoms with van der Waals surface area (Å²) in [6.07, 6.45) is 3.13. The van der Waals surface area contributed by atoms with E-state index in [-0.39, 0.29) is 11.6 Å². The molecule has 0 saturated carbocycles. The molecule has 1 aromatic heterocycles. The molecule has 1 aromatic rings. The van der Waals surface area contributed by atoms with E-state index in [2.05, 4.69) is 0 Å². The van der Waals surface area contributed by atoms with Gasteiger partial charge in [-0.3, -0.25) is 0 Å². The second-order valence-electron chi connectivity index (χ2n) is 4.46. The zero-order chi connectivity index (χ0) is 13.2. The number of aromatic nitrogens is 1. The highest BCUT2D eigenvalue weighted by Crippen LogP contribution is 2.17. The number of pyridine rings is 1. The second kappa shape index (κ2) is 5.21. The predicted molar refractivity (Wildman–Crippen MR) is 65.4 cm³/mol. The highest BCUT2D eigenvalue weighted by molar-refractivity contribution is 7.88. The van der Waals surface area contributed by atoms with Crippen LogP contribution >= 0.6 is 0 Å². The highest BCUT2D eigenvalue weighted by atomic mass is 32.2. The molecule has 2 rings (SSSR count). The summed E-state index contributed by atoms with van der Waals surface area (Å²) in [4.78, 5) is 0. The van der Waals surface area contributed by atoms with Crippen molar-refractivity contribution < 1.29 is 18.2 Å². The van der Waals surface area contributed by atoms with Crippen molar-refractivity contribution in [2.24, 2.45) is 0 Å². The summed E-state index contributed by atoms with van der Waals surface area (Å²) >= 11 is 0. The van der Waals surface area contributed by atoms with E-state index >= 15 is 0 Å². The van der Waals surface area contributed by atoms with Crippen LogP contribution in [0.3, 0.4) is 0 Å². The Morgan fingerprint density at radius 1 is 1.39 bits per heavy atom. The van der Waals surface area contributed by atoms with Crippen LogP contribution in [-0.4, -0.2) is 37.0 Å². The maximum absolute atomic E-state index is 12.4. The number of nitrogen functional groups attached to an aromatic ring is 1. The number of β-amino-alcohol motifs (C(OH)–C–C–N with tert-alkyl or cyclic N) is 1. The van der Waals surface area contributed by atoms with E-state index in [4.69, 9.17) is 5.84 Å². The molecule has 0 radical (unpaired) electrons. The van der Waals surface area contributed by atoms with Crippen LogP contribution in [0, 0.1) is 0 Å². The van der Waals surface area contributed by atoms with E-state index in [9.17, 15) is 13.5 Å². The molecular weight excluding hydrogens is 254 g/mol. The van der Waals surface area contributed by atoms with E-state index in [0.717, 1.165) is 17.5 Å². The summed E-state index contributed by atoms with van der Waals surface area (Å²) in [5.74, 6) is 5.64. The number of nitrogens with two attached hydrogens (primary N) is 1. The van der Waals surface area contributed by atoms with Crippen molar-refractivity contribution in [1.29, 1.82) is 0 Å². The maximum Gasteiger partial charge on any atom is 0.340 e. The standard InChI is InChI=1S/C11H18N3O3S/c12-14-8-4-2-6-11(14)18(16,17)13-7-3-1-5-10(15)9-13/h2,4,6,8,10,15H,1,3,5,7,9,12H2/q+1. The lowest BCUT2D eigenvalue weighted by atomic mass is 10.2. The number of aliphatic hydroxyl groups is 1. The van der Waals surface area contributed by atoms with Gasteiger partial charge in [0.1, 0.15) is 0 Å². The molecule has 0 amide bonds. The van der Waals surface area contributed by atoms with E-state index in [1.807, 2.05) is 0 Å². The summed E-state index contributed by atoms with van der Waals surface area (Å²) in [5.41, 5.74) is 0. The molecule has 0 spiro atoms. The predicted octanol–water partition coefficient (Wildman–Crippen LogP) is -0.777. The average Bonchev–Trinajstić information content (AvgIpc) is 2.54. The highest BCUT2D eigenvalue weighted by Gasteiger charge is 2.34. The molecule has 0 aromatic carbocycles. The van der Waals surface area contributed by atoms with Crippen LogP contribution in [-0.2, 0) is 10.0 Å². The molecule has 1 aliphatic heterocycles. The van der Waals surface area contributed by atoms with Crippen LogP contribution in [0.25, 0.3) is 0 Å². The zero-order valence-corrected chi connectivity index (χ0v) is 10.9. The lowest BCUT2D eigenvalue weighted by Gasteiger charge is -2.19. The molecule has 3 N–H and O–H groups in total. The number of hydrogen-bond donors (Lipinski definition) is 2. The molecule has 0 aliphatic carbocycles. The fraction of sp³-hybridized carbons (Fsp3) is 0.545. The Hall–Kier alpha value is -1.18. The summed E-state index contributed by atoms with van der Waals surface area (Å²) in [6, 6.07) is 4.76. The second-order valence-corrected chi connectivity index (χ2v) is 6.34. The van der Waals surface area contributed by atoms with Gasteiger partial charge in [-0.25, -0.2) is 14.3 Å². The van der Waals surface area contributed by atoms with Gasteiger partial charge in [-0.05, 0) is 25.3 Å². The third-order valence-corrected chi connectivity index (χ3v) is 4.95. The molecule has 1 aliphatic rings. The Morgan fingerprint density at radius 2 is 2.17 bits per heavy atom. The average molecular weight is 272 g/mol. The summed E-state index contributed by atoms with van der Waals surface area (Å²) in [7, 11) is -3.64. The van der Waals surface area contributed by atoms with Gasteiger partial charge in [0.05, 0.1) is 6.10 Å². The largest absolute Gasteiger partial charge is 0.392 e. The molecule has 1 unspecified atom stereocenters. The van der Waals surface area contributed by atoms with Crippen LogP contribution in [0.2, 0.25) is 0 Å². The Balaban J connectivity index is 2.33. The maximum atomic E-state index is 12.4. The third-order valence-electron chi connectivity index (χ3n) is 3.06. The van der Waals surface area contributed by atoms with Gasteiger partial charge in [0, 0.05) is 25.2 Å². The number of aliphatic hydroxyl groups excluding tert-OH is 1. The number of sulfonamides is 1. The fourth-order valence-electron chi connectivity index (χ4n) is 2.10. The van der Waals surface area contributed by atoms with Crippen LogP contribution in [0.4, 0.5) is 0 Å². The van der Waals surface area contributed by atoms with Gasteiger partial charge < -0.3 is 5.11 Å². The molecule has 1 fully saturated rings. The molecule has 100 valence electrons. The van der Waals surface area contributed by atoms with E-state index in [1.54, 1.807) is 12.1 Å². The van der Waals surface area contributed by atoms with Crippen LogP contribution in [0.1, 0.15) is 19.3 Å². The molecule has 1 saturated heterocycles. The van der Waals surface area contributed by atoms with Crippen LogP contribution in [0.5, 0.6) is 0 Å². The van der Waals surface area contributed by atoms with E-state index < -0.39 is 16.1 Å². The monoisotopic (exact) mass is 272 g/mol. The Labute approximate surface area is 107 Å². The number of hydrogen-bond acceptors (Lipinski definition) is 4. The first-order chi connectivity index (χ1) is 8.51. The van der Waals surface area contributed by atoms with Crippen LogP contribution < -0.4 is 10.5 Å². The Morgan fingerprint density at radius 3 is 2.89 bits per heavy atom. The minimum absolute atomic E-state index is 0.0408. The molecule has 18 heavy (non-hydrogen) atoms. The normalized spacial score (nSPS) is 22.6. The first kappa shape index (κ1) is 13.3. The topological polar surface area (TPSA) is 87.5 Å². The lowest BCUT2D eigenvalue weighted by molar-refractivity contribution is -0.678. The molecule has 2 heterocycles. The van der Waals surface area contributed by atoms with Crippen molar-refractivity contribution in [3.8, 4) is 0 Å². The molecular formula is C11H18N3O3S+. The van der Waals surface area contributed by atoms with Crippen molar-refractivity contribution >= 4 is 10.0 Å². The van der Waals surface area contributed by atoms with Gasteiger partial charge in [-0.15, -0.1) is 0 Å². The van der Waals surface area contributed by atoms with Gasteiger partial charge in [-0.1, -0.05) is 4.68 Å². The van der Waals surface area contributed by atoms with E-state index in [1.165, 1.54) is 16.6 Å². The van der Waals surface area contributed by atoms with Crippen molar-refractivity contribution in [2.45, 2.75) is 30.4 Å². The Bertz CT molecular complexity index is 518. The quantitative estimate of drug-likeness (QED) is 0.546. The molecule has 7 heteroatoms. The SMILES string of the molecule is N[n+]1ccccc1S(=O)(=O)N1CCCCC(O)C1. The molecule has 6 nitrogen and oxygen atoms in total. The summed E-state index contributed by atoms with van der Waals surface area (Å²) in [6.45, 7) is 0.561. The van der Waals surface area contributed by atoms with Gasteiger partial charge >= 0.3 is 15.0 Å². The van der Waals surface area contributed by atoms with Gasteiger partial charge in [-0.2, -0.15) is 4.31 Å². The summed E-state index contributed by atoms with van der Waals surface area (Å²) < 4.78 is 27.2. The Kier molecular flexibility index (Phi) is 3.84. The van der Waals surface area contributed by atoms with Crippen molar-refractivity contribution in [3.05, 3.63) is 24.4 Å². The number of nitrogens with zero attached hydrogens (tertiary/aromatic N) is 2. The van der Waals surface area contributed by atoms with Gasteiger partial charge in [0.25, 0.3) is 0 Å².